The SMILES string of the molecule is Cc1ccc2c(c1)N1[C@H](C(=O)c3ccccc3)[C@H](C(=O)c3ccc(F)cc3)[C@@]3(C(=O)Nc4ccccc43)[C@@H]1C=C2. The molecule has 1 amide bonds. The number of ketones is 2. The van der Waals surface area contributed by atoms with Crippen LogP contribution in [0.15, 0.2) is 103 Å². The fourth-order valence-electron chi connectivity index (χ4n) is 6.84. The Morgan fingerprint density at radius 1 is 0.850 bits per heavy atom. The number of amides is 1. The van der Waals surface area contributed by atoms with Crippen LogP contribution >= 0.6 is 0 Å². The highest BCUT2D eigenvalue weighted by atomic mass is 19.1. The molecule has 3 heterocycles. The zero-order valence-corrected chi connectivity index (χ0v) is 21.7. The van der Waals surface area contributed by atoms with E-state index in [1.165, 1.54) is 24.3 Å². The van der Waals surface area contributed by atoms with Gasteiger partial charge in [-0.15, -0.1) is 0 Å². The normalized spacial score (nSPS) is 23.9. The monoisotopic (exact) mass is 528 g/mol. The van der Waals surface area contributed by atoms with Crippen molar-refractivity contribution in [1.82, 2.24) is 0 Å². The van der Waals surface area contributed by atoms with Gasteiger partial charge < -0.3 is 10.2 Å². The van der Waals surface area contributed by atoms with Crippen LogP contribution in [0.5, 0.6) is 0 Å². The molecule has 0 aromatic heterocycles. The molecule has 4 atom stereocenters. The molecule has 0 unspecified atom stereocenters. The van der Waals surface area contributed by atoms with Crippen LogP contribution in [0.2, 0.25) is 0 Å². The highest BCUT2D eigenvalue weighted by Gasteiger charge is 2.70. The first-order valence-corrected chi connectivity index (χ1v) is 13.3. The minimum Gasteiger partial charge on any atom is -0.352 e. The smallest absolute Gasteiger partial charge is 0.238 e. The average Bonchev–Trinajstić information content (AvgIpc) is 3.45. The van der Waals surface area contributed by atoms with E-state index in [0.717, 1.165) is 16.8 Å². The van der Waals surface area contributed by atoms with Crippen LogP contribution in [-0.2, 0) is 10.2 Å². The van der Waals surface area contributed by atoms with Crippen LogP contribution in [0.25, 0.3) is 6.08 Å². The Morgan fingerprint density at radius 3 is 2.33 bits per heavy atom. The van der Waals surface area contributed by atoms with Gasteiger partial charge in [-0.25, -0.2) is 4.39 Å². The van der Waals surface area contributed by atoms with Crippen LogP contribution in [0, 0.1) is 18.7 Å². The van der Waals surface area contributed by atoms with Gasteiger partial charge in [0.15, 0.2) is 11.6 Å². The number of anilines is 2. The number of rotatable bonds is 4. The van der Waals surface area contributed by atoms with Gasteiger partial charge in [0.05, 0.1) is 12.0 Å². The van der Waals surface area contributed by atoms with Crippen LogP contribution in [0.4, 0.5) is 15.8 Å². The first-order chi connectivity index (χ1) is 19.4. The molecule has 0 saturated carbocycles. The highest BCUT2D eigenvalue weighted by Crippen LogP contribution is 2.58. The van der Waals surface area contributed by atoms with E-state index >= 15 is 0 Å². The minimum atomic E-state index is -1.39. The Labute approximate surface area is 231 Å². The van der Waals surface area contributed by atoms with E-state index in [4.69, 9.17) is 0 Å². The molecule has 40 heavy (non-hydrogen) atoms. The summed E-state index contributed by atoms with van der Waals surface area (Å²) in [5, 5.41) is 3.02. The second kappa shape index (κ2) is 8.85. The summed E-state index contributed by atoms with van der Waals surface area (Å²) in [6, 6.07) is 26.0. The standard InChI is InChI=1S/C34H25FN2O3/c1-20-11-12-21-15-18-28-34(25-9-5-6-10-26(25)36-33(34)40)29(31(38)23-13-16-24(35)17-14-23)30(37(28)27(21)19-20)32(39)22-7-3-2-4-8-22/h2-19,28-30H,1H3,(H,36,40)/t28-,29+,30-,34-/m0/s1. The fourth-order valence-corrected chi connectivity index (χ4v) is 6.84. The number of halogens is 1. The molecule has 1 spiro atoms. The van der Waals surface area contributed by atoms with Crippen LogP contribution in [0.1, 0.15) is 37.4 Å². The molecule has 6 heteroatoms. The molecule has 196 valence electrons. The number of hydrogen-bond acceptors (Lipinski definition) is 4. The van der Waals surface area contributed by atoms with Crippen LogP contribution in [-0.4, -0.2) is 29.6 Å². The van der Waals surface area contributed by atoms with Gasteiger partial charge in [-0.1, -0.05) is 72.8 Å². The molecule has 3 aliphatic heterocycles. The van der Waals surface area contributed by atoms with Crippen LogP contribution < -0.4 is 10.2 Å². The summed E-state index contributed by atoms with van der Waals surface area (Å²) in [5.74, 6) is -2.51. The van der Waals surface area contributed by atoms with Crippen molar-refractivity contribution in [2.45, 2.75) is 24.4 Å². The first kappa shape index (κ1) is 24.2. The summed E-state index contributed by atoms with van der Waals surface area (Å²) >= 11 is 0. The highest BCUT2D eigenvalue weighted by molar-refractivity contribution is 6.18. The lowest BCUT2D eigenvalue weighted by Gasteiger charge is -2.37. The van der Waals surface area contributed by atoms with Crippen LogP contribution in [0.3, 0.4) is 0 Å². The second-order valence-electron chi connectivity index (χ2n) is 10.7. The molecule has 0 aliphatic carbocycles. The number of carbonyl (C=O) groups excluding carboxylic acids is 3. The zero-order chi connectivity index (χ0) is 27.6. The summed E-state index contributed by atoms with van der Waals surface area (Å²) in [6.07, 6.45) is 3.92. The van der Waals surface area contributed by atoms with Gasteiger partial charge in [-0.3, -0.25) is 14.4 Å². The van der Waals surface area contributed by atoms with Crippen molar-refractivity contribution in [3.63, 3.8) is 0 Å². The van der Waals surface area contributed by atoms with E-state index in [-0.39, 0.29) is 23.0 Å². The Bertz CT molecular complexity index is 1730. The predicted octanol–water partition coefficient (Wildman–Crippen LogP) is 5.99. The van der Waals surface area contributed by atoms with Gasteiger partial charge >= 0.3 is 0 Å². The molecule has 0 radical (unpaired) electrons. The van der Waals surface area contributed by atoms with Crippen molar-refractivity contribution < 1.29 is 18.8 Å². The number of carbonyl (C=O) groups is 3. The van der Waals surface area contributed by atoms with E-state index in [9.17, 15) is 18.8 Å². The van der Waals surface area contributed by atoms with Crippen molar-refractivity contribution >= 4 is 34.9 Å². The summed E-state index contributed by atoms with van der Waals surface area (Å²) in [4.78, 5) is 45.5. The molecular weight excluding hydrogens is 503 g/mol. The van der Waals surface area contributed by atoms with E-state index in [1.807, 2.05) is 72.5 Å². The molecule has 4 aromatic rings. The van der Waals surface area contributed by atoms with Crippen molar-refractivity contribution in [3.8, 4) is 0 Å². The molecule has 5 nitrogen and oxygen atoms in total. The summed E-state index contributed by atoms with van der Waals surface area (Å²) in [5.41, 5.74) is 3.32. The Kier molecular flexibility index (Phi) is 5.36. The fraction of sp³-hybridized carbons (Fsp3) is 0.147. The van der Waals surface area contributed by atoms with E-state index < -0.39 is 29.2 Å². The van der Waals surface area contributed by atoms with E-state index in [1.54, 1.807) is 24.3 Å². The van der Waals surface area contributed by atoms with E-state index in [0.29, 0.717) is 16.8 Å². The Hall–Kier alpha value is -4.84. The number of aryl methyl sites for hydroxylation is 1. The predicted molar refractivity (Wildman–Crippen MR) is 152 cm³/mol. The number of Topliss-reactive ketones (excluding diaryl/α,β-unsaturated/α-hetero) is 2. The number of para-hydroxylation sites is 1. The third-order valence-electron chi connectivity index (χ3n) is 8.53. The number of hydrogen-bond donors (Lipinski definition) is 1. The van der Waals surface area contributed by atoms with Gasteiger partial charge in [0.25, 0.3) is 0 Å². The maximum Gasteiger partial charge on any atom is 0.238 e. The Balaban J connectivity index is 1.55. The molecule has 0 bridgehead atoms. The summed E-state index contributed by atoms with van der Waals surface area (Å²) in [7, 11) is 0. The van der Waals surface area contributed by atoms with Crippen molar-refractivity contribution in [2.75, 3.05) is 10.2 Å². The molecular formula is C34H25FN2O3. The van der Waals surface area contributed by atoms with Gasteiger partial charge in [0.2, 0.25) is 5.91 Å². The average molecular weight is 529 g/mol. The third kappa shape index (κ3) is 3.29. The van der Waals surface area contributed by atoms with Gasteiger partial charge in [0, 0.05) is 22.5 Å². The quantitative estimate of drug-likeness (QED) is 0.331. The van der Waals surface area contributed by atoms with Crippen molar-refractivity contribution in [1.29, 1.82) is 0 Å². The zero-order valence-electron chi connectivity index (χ0n) is 21.7. The lowest BCUT2D eigenvalue weighted by atomic mass is 9.64. The Morgan fingerprint density at radius 2 is 1.55 bits per heavy atom. The lowest BCUT2D eigenvalue weighted by Crippen LogP contribution is -2.51. The number of fused-ring (bicyclic) bond motifs is 6. The maximum absolute atomic E-state index is 14.6. The molecule has 1 N–H and O–H groups in total. The largest absolute Gasteiger partial charge is 0.352 e. The third-order valence-corrected chi connectivity index (χ3v) is 8.53. The molecule has 3 aliphatic rings. The summed E-state index contributed by atoms with van der Waals surface area (Å²) in [6.45, 7) is 1.98. The van der Waals surface area contributed by atoms with E-state index in [2.05, 4.69) is 5.32 Å². The number of nitrogens with one attached hydrogen (secondary N) is 1. The molecule has 1 fully saturated rings. The molecule has 7 rings (SSSR count). The van der Waals surface area contributed by atoms with Gasteiger partial charge in [-0.05, 0) is 60.0 Å². The first-order valence-electron chi connectivity index (χ1n) is 13.3. The number of nitrogens with zero attached hydrogens (tertiary/aromatic N) is 1. The molecule has 4 aromatic carbocycles. The molecule has 1 saturated heterocycles. The maximum atomic E-state index is 14.6. The van der Waals surface area contributed by atoms with Crippen molar-refractivity contribution in [3.05, 3.63) is 137 Å². The summed E-state index contributed by atoms with van der Waals surface area (Å²) < 4.78 is 13.9. The minimum absolute atomic E-state index is 0.247. The topological polar surface area (TPSA) is 66.5 Å². The van der Waals surface area contributed by atoms with Gasteiger partial charge in [0.1, 0.15) is 17.3 Å². The van der Waals surface area contributed by atoms with Crippen molar-refractivity contribution in [2.24, 2.45) is 5.92 Å². The lowest BCUT2D eigenvalue weighted by molar-refractivity contribution is -0.121. The second-order valence-corrected chi connectivity index (χ2v) is 10.7. The van der Waals surface area contributed by atoms with Gasteiger partial charge in [-0.2, -0.15) is 0 Å². The number of benzene rings is 4.